The third-order valence-electron chi connectivity index (χ3n) is 3.02. The Morgan fingerprint density at radius 2 is 1.94 bits per heavy atom. The van der Waals surface area contributed by atoms with E-state index < -0.39 is 11.8 Å². The van der Waals surface area contributed by atoms with E-state index in [2.05, 4.69) is 0 Å². The molecule has 0 fully saturated rings. The highest BCUT2D eigenvalue weighted by molar-refractivity contribution is 6.40. The van der Waals surface area contributed by atoms with Gasteiger partial charge < -0.3 is 9.80 Å². The summed E-state index contributed by atoms with van der Waals surface area (Å²) < 4.78 is 0. The zero-order valence-electron chi connectivity index (χ0n) is 10.3. The Balaban J connectivity index is 2.34. The van der Waals surface area contributed by atoms with Gasteiger partial charge in [0.2, 0.25) is 0 Å². The molecule has 1 unspecified atom stereocenters. The minimum absolute atomic E-state index is 0.0452. The maximum atomic E-state index is 12.1. The highest BCUT2D eigenvalue weighted by atomic mass is 16.2. The Morgan fingerprint density at radius 3 is 2.59 bits per heavy atom. The van der Waals surface area contributed by atoms with Crippen molar-refractivity contribution in [2.75, 3.05) is 19.0 Å². The number of hydrogen-bond donors (Lipinski definition) is 0. The third-order valence-corrected chi connectivity index (χ3v) is 3.02. The molecule has 2 amide bonds. The zero-order chi connectivity index (χ0) is 12.6. The molecule has 0 saturated carbocycles. The summed E-state index contributed by atoms with van der Waals surface area (Å²) in [4.78, 5) is 26.7. The molecule has 0 saturated heterocycles. The lowest BCUT2D eigenvalue weighted by Crippen LogP contribution is -2.45. The third kappa shape index (κ3) is 1.90. The van der Waals surface area contributed by atoms with Crippen LogP contribution in [0.2, 0.25) is 0 Å². The SMILES string of the molecule is CC1Cc2ccccc2N1C(=O)C(=O)N(C)C. The molecule has 4 heteroatoms. The number of amides is 2. The normalized spacial score (nSPS) is 17.8. The summed E-state index contributed by atoms with van der Waals surface area (Å²) in [6, 6.07) is 7.77. The topological polar surface area (TPSA) is 40.6 Å². The lowest BCUT2D eigenvalue weighted by molar-refractivity contribution is -0.142. The lowest BCUT2D eigenvalue weighted by Gasteiger charge is -2.23. The molecule has 17 heavy (non-hydrogen) atoms. The fourth-order valence-electron chi connectivity index (χ4n) is 2.17. The van der Waals surface area contributed by atoms with E-state index in [1.54, 1.807) is 19.0 Å². The van der Waals surface area contributed by atoms with Gasteiger partial charge in [-0.3, -0.25) is 9.59 Å². The molecule has 0 N–H and O–H groups in total. The van der Waals surface area contributed by atoms with Gasteiger partial charge >= 0.3 is 11.8 Å². The average molecular weight is 232 g/mol. The number of anilines is 1. The van der Waals surface area contributed by atoms with Crippen molar-refractivity contribution < 1.29 is 9.59 Å². The van der Waals surface area contributed by atoms with Crippen LogP contribution in [0.25, 0.3) is 0 Å². The number of rotatable bonds is 0. The van der Waals surface area contributed by atoms with Crippen LogP contribution in [-0.4, -0.2) is 36.9 Å². The molecule has 0 bridgehead atoms. The second-order valence-electron chi connectivity index (χ2n) is 4.56. The number of likely N-dealkylation sites (N-methyl/N-ethyl adjacent to an activating group) is 1. The van der Waals surface area contributed by atoms with E-state index in [4.69, 9.17) is 0 Å². The Kier molecular flexibility index (Phi) is 2.88. The van der Waals surface area contributed by atoms with Crippen LogP contribution in [0.4, 0.5) is 5.69 Å². The van der Waals surface area contributed by atoms with Gasteiger partial charge in [0.25, 0.3) is 0 Å². The molecule has 0 aromatic heterocycles. The first-order chi connectivity index (χ1) is 8.02. The van der Waals surface area contributed by atoms with Crippen molar-refractivity contribution in [2.24, 2.45) is 0 Å². The fourth-order valence-corrected chi connectivity index (χ4v) is 2.17. The van der Waals surface area contributed by atoms with Crippen molar-refractivity contribution in [2.45, 2.75) is 19.4 Å². The summed E-state index contributed by atoms with van der Waals surface area (Å²) in [6.45, 7) is 1.96. The highest BCUT2D eigenvalue weighted by Crippen LogP contribution is 2.31. The smallest absolute Gasteiger partial charge is 0.316 e. The molecular weight excluding hydrogens is 216 g/mol. The number of para-hydroxylation sites is 1. The molecule has 1 heterocycles. The van der Waals surface area contributed by atoms with Gasteiger partial charge in [0.05, 0.1) is 0 Å². The highest BCUT2D eigenvalue weighted by Gasteiger charge is 2.34. The van der Waals surface area contributed by atoms with E-state index in [0.29, 0.717) is 0 Å². The molecule has 1 aliphatic heterocycles. The molecule has 4 nitrogen and oxygen atoms in total. The Labute approximate surface area is 101 Å². The predicted octanol–water partition coefficient (Wildman–Crippen LogP) is 1.05. The van der Waals surface area contributed by atoms with E-state index >= 15 is 0 Å². The summed E-state index contributed by atoms with van der Waals surface area (Å²) in [6.07, 6.45) is 0.808. The zero-order valence-corrected chi connectivity index (χ0v) is 10.3. The minimum atomic E-state index is -0.478. The van der Waals surface area contributed by atoms with Crippen molar-refractivity contribution in [3.8, 4) is 0 Å². The molecule has 2 rings (SSSR count). The van der Waals surface area contributed by atoms with Gasteiger partial charge in [-0.1, -0.05) is 18.2 Å². The fraction of sp³-hybridized carbons (Fsp3) is 0.385. The van der Waals surface area contributed by atoms with Crippen molar-refractivity contribution in [3.05, 3.63) is 29.8 Å². The molecule has 90 valence electrons. The standard InChI is InChI=1S/C13H16N2O2/c1-9-8-10-6-4-5-7-11(10)15(9)13(17)12(16)14(2)3/h4-7,9H,8H2,1-3H3. The molecular formula is C13H16N2O2. The summed E-state index contributed by atoms with van der Waals surface area (Å²) in [5.41, 5.74) is 1.99. The van der Waals surface area contributed by atoms with E-state index in [0.717, 1.165) is 17.7 Å². The number of carbonyl (C=O) groups excluding carboxylic acids is 2. The van der Waals surface area contributed by atoms with Crippen molar-refractivity contribution in [1.29, 1.82) is 0 Å². The number of carbonyl (C=O) groups is 2. The van der Waals surface area contributed by atoms with Gasteiger partial charge in [0.15, 0.2) is 0 Å². The van der Waals surface area contributed by atoms with E-state index in [-0.39, 0.29) is 6.04 Å². The van der Waals surface area contributed by atoms with Gasteiger partial charge in [0, 0.05) is 25.8 Å². The Hall–Kier alpha value is -1.84. The van der Waals surface area contributed by atoms with Crippen LogP contribution in [-0.2, 0) is 16.0 Å². The van der Waals surface area contributed by atoms with Crippen LogP contribution in [0.3, 0.4) is 0 Å². The van der Waals surface area contributed by atoms with Crippen LogP contribution in [0.5, 0.6) is 0 Å². The first-order valence-electron chi connectivity index (χ1n) is 5.65. The maximum Gasteiger partial charge on any atom is 0.316 e. The summed E-state index contributed by atoms with van der Waals surface area (Å²) in [5.74, 6) is -0.930. The first kappa shape index (κ1) is 11.6. The van der Waals surface area contributed by atoms with E-state index in [9.17, 15) is 9.59 Å². The maximum absolute atomic E-state index is 12.1. The van der Waals surface area contributed by atoms with Crippen molar-refractivity contribution in [1.82, 2.24) is 4.90 Å². The van der Waals surface area contributed by atoms with E-state index in [1.807, 2.05) is 31.2 Å². The Morgan fingerprint density at radius 1 is 1.29 bits per heavy atom. The number of fused-ring (bicyclic) bond motifs is 1. The van der Waals surface area contributed by atoms with Gasteiger partial charge in [-0.2, -0.15) is 0 Å². The predicted molar refractivity (Wildman–Crippen MR) is 65.8 cm³/mol. The van der Waals surface area contributed by atoms with Crippen molar-refractivity contribution in [3.63, 3.8) is 0 Å². The lowest BCUT2D eigenvalue weighted by atomic mass is 10.1. The monoisotopic (exact) mass is 232 g/mol. The molecule has 1 aliphatic rings. The van der Waals surface area contributed by atoms with Crippen LogP contribution >= 0.6 is 0 Å². The van der Waals surface area contributed by atoms with Crippen LogP contribution < -0.4 is 4.90 Å². The molecule has 0 spiro atoms. The molecule has 1 aromatic carbocycles. The largest absolute Gasteiger partial charge is 0.341 e. The second-order valence-corrected chi connectivity index (χ2v) is 4.56. The molecule has 0 aliphatic carbocycles. The quantitative estimate of drug-likeness (QED) is 0.627. The molecule has 1 aromatic rings. The van der Waals surface area contributed by atoms with Gasteiger partial charge in [-0.15, -0.1) is 0 Å². The van der Waals surface area contributed by atoms with Gasteiger partial charge in [0.1, 0.15) is 0 Å². The van der Waals surface area contributed by atoms with E-state index in [1.165, 1.54) is 4.90 Å². The van der Waals surface area contributed by atoms with Crippen LogP contribution in [0.15, 0.2) is 24.3 Å². The summed E-state index contributed by atoms with van der Waals surface area (Å²) in [5, 5.41) is 0. The van der Waals surface area contributed by atoms with Gasteiger partial charge in [-0.25, -0.2) is 0 Å². The van der Waals surface area contributed by atoms with Crippen LogP contribution in [0, 0.1) is 0 Å². The molecule has 1 atom stereocenters. The molecule has 0 radical (unpaired) electrons. The second kappa shape index (κ2) is 4.20. The van der Waals surface area contributed by atoms with Crippen LogP contribution in [0.1, 0.15) is 12.5 Å². The minimum Gasteiger partial charge on any atom is -0.341 e. The first-order valence-corrected chi connectivity index (χ1v) is 5.65. The number of hydrogen-bond acceptors (Lipinski definition) is 2. The van der Waals surface area contributed by atoms with Gasteiger partial charge in [-0.05, 0) is 25.0 Å². The Bertz CT molecular complexity index is 468. The van der Waals surface area contributed by atoms with Crippen molar-refractivity contribution >= 4 is 17.5 Å². The summed E-state index contributed by atoms with van der Waals surface area (Å²) >= 11 is 0. The number of benzene rings is 1. The summed E-state index contributed by atoms with van der Waals surface area (Å²) in [7, 11) is 3.18. The average Bonchev–Trinajstić information content (AvgIpc) is 2.62. The number of nitrogens with zero attached hydrogens (tertiary/aromatic N) is 2.